The van der Waals surface area contributed by atoms with E-state index in [1.54, 1.807) is 11.3 Å². The monoisotopic (exact) mass is 296 g/mol. The third kappa shape index (κ3) is 3.80. The summed E-state index contributed by atoms with van der Waals surface area (Å²) in [6, 6.07) is 0. The highest BCUT2D eigenvalue weighted by Gasteiger charge is 2.34. The highest BCUT2D eigenvalue weighted by molar-refractivity contribution is 7.11. The zero-order chi connectivity index (χ0) is 14.8. The van der Waals surface area contributed by atoms with E-state index in [9.17, 15) is 5.11 Å². The predicted molar refractivity (Wildman–Crippen MR) is 85.1 cm³/mol. The summed E-state index contributed by atoms with van der Waals surface area (Å²) < 4.78 is 0. The Morgan fingerprint density at radius 2 is 2.20 bits per heavy atom. The maximum Gasteiger partial charge on any atom is 0.0981 e. The van der Waals surface area contributed by atoms with Crippen LogP contribution in [0.25, 0.3) is 0 Å². The summed E-state index contributed by atoms with van der Waals surface area (Å²) in [6.07, 6.45) is 6.31. The minimum absolute atomic E-state index is 0.0375. The molecule has 114 valence electrons. The van der Waals surface area contributed by atoms with Gasteiger partial charge >= 0.3 is 0 Å². The summed E-state index contributed by atoms with van der Waals surface area (Å²) in [5, 5.41) is 14.9. The Bertz CT molecular complexity index is 438. The van der Waals surface area contributed by atoms with Gasteiger partial charge in [0.1, 0.15) is 0 Å². The molecule has 0 spiro atoms. The van der Waals surface area contributed by atoms with Gasteiger partial charge in [-0.25, -0.2) is 4.98 Å². The fourth-order valence-electron chi connectivity index (χ4n) is 2.80. The van der Waals surface area contributed by atoms with Crippen molar-refractivity contribution in [2.45, 2.75) is 71.4 Å². The molecule has 0 bridgehead atoms. The molecule has 2 N–H and O–H groups in total. The van der Waals surface area contributed by atoms with Gasteiger partial charge in [0.05, 0.1) is 11.1 Å². The largest absolute Gasteiger partial charge is 0.393 e. The van der Waals surface area contributed by atoms with Crippen LogP contribution < -0.4 is 5.32 Å². The van der Waals surface area contributed by atoms with Crippen molar-refractivity contribution in [3.8, 4) is 0 Å². The van der Waals surface area contributed by atoms with Crippen molar-refractivity contribution in [3.05, 3.63) is 16.1 Å². The van der Waals surface area contributed by atoms with E-state index in [0.717, 1.165) is 25.9 Å². The topological polar surface area (TPSA) is 45.2 Å². The number of nitrogens with zero attached hydrogens (tertiary/aromatic N) is 1. The molecular weight excluding hydrogens is 268 g/mol. The van der Waals surface area contributed by atoms with Gasteiger partial charge in [0.15, 0.2) is 0 Å². The van der Waals surface area contributed by atoms with Gasteiger partial charge in [-0.2, -0.15) is 0 Å². The molecule has 1 aromatic rings. The molecule has 1 aliphatic rings. The second kappa shape index (κ2) is 6.12. The van der Waals surface area contributed by atoms with Crippen molar-refractivity contribution in [1.82, 2.24) is 10.3 Å². The molecule has 0 aromatic carbocycles. The molecule has 1 heterocycles. The average Bonchev–Trinajstić information content (AvgIpc) is 2.82. The zero-order valence-electron chi connectivity index (χ0n) is 13.2. The summed E-state index contributed by atoms with van der Waals surface area (Å²) in [6.45, 7) is 10.5. The number of rotatable bonds is 4. The Morgan fingerprint density at radius 1 is 1.45 bits per heavy atom. The molecule has 0 radical (unpaired) electrons. The van der Waals surface area contributed by atoms with Gasteiger partial charge < -0.3 is 10.4 Å². The number of aliphatic hydroxyl groups is 1. The van der Waals surface area contributed by atoms with Crippen molar-refractivity contribution in [2.24, 2.45) is 5.41 Å². The second-order valence-electron chi connectivity index (χ2n) is 7.40. The Hall–Kier alpha value is -0.450. The quantitative estimate of drug-likeness (QED) is 0.894. The van der Waals surface area contributed by atoms with Crippen molar-refractivity contribution in [2.75, 3.05) is 6.54 Å². The standard InChI is InChI=1S/C16H28N2OS/c1-15(2,3)14-18-10-12(20-14)9-17-11-16(4)8-6-5-7-13(16)19/h10,13,17,19H,5-9,11H2,1-4H3. The summed E-state index contributed by atoms with van der Waals surface area (Å²) in [4.78, 5) is 5.80. The van der Waals surface area contributed by atoms with E-state index in [2.05, 4.69) is 38.0 Å². The lowest BCUT2D eigenvalue weighted by molar-refractivity contribution is 0.00119. The third-order valence-electron chi connectivity index (χ3n) is 4.30. The van der Waals surface area contributed by atoms with E-state index in [-0.39, 0.29) is 16.9 Å². The van der Waals surface area contributed by atoms with Crippen LogP contribution in [0.1, 0.15) is 63.3 Å². The Morgan fingerprint density at radius 3 is 2.80 bits per heavy atom. The maximum absolute atomic E-state index is 10.2. The van der Waals surface area contributed by atoms with E-state index in [0.29, 0.717) is 0 Å². The maximum atomic E-state index is 10.2. The first-order valence-corrected chi connectivity index (χ1v) is 8.47. The van der Waals surface area contributed by atoms with Crippen LogP contribution in [-0.4, -0.2) is 22.7 Å². The van der Waals surface area contributed by atoms with Gasteiger partial charge in [-0.05, 0) is 12.8 Å². The first kappa shape index (κ1) is 15.9. The first-order valence-electron chi connectivity index (χ1n) is 7.65. The van der Waals surface area contributed by atoms with Crippen molar-refractivity contribution < 1.29 is 5.11 Å². The fraction of sp³-hybridized carbons (Fsp3) is 0.812. The molecule has 2 unspecified atom stereocenters. The smallest absolute Gasteiger partial charge is 0.0981 e. The molecule has 1 saturated carbocycles. The Balaban J connectivity index is 1.85. The minimum Gasteiger partial charge on any atom is -0.393 e. The SMILES string of the molecule is CC(C)(C)c1ncc(CNCC2(C)CCCCC2O)s1. The van der Waals surface area contributed by atoms with Gasteiger partial charge in [0.25, 0.3) is 0 Å². The van der Waals surface area contributed by atoms with E-state index in [1.807, 2.05) is 6.20 Å². The highest BCUT2D eigenvalue weighted by atomic mass is 32.1. The van der Waals surface area contributed by atoms with Crippen LogP contribution in [0, 0.1) is 5.41 Å². The summed E-state index contributed by atoms with van der Waals surface area (Å²) >= 11 is 1.79. The summed E-state index contributed by atoms with van der Waals surface area (Å²) in [5.74, 6) is 0. The summed E-state index contributed by atoms with van der Waals surface area (Å²) in [7, 11) is 0. The van der Waals surface area contributed by atoms with Crippen LogP contribution in [0.2, 0.25) is 0 Å². The first-order chi connectivity index (χ1) is 9.31. The van der Waals surface area contributed by atoms with Crippen LogP contribution in [0.5, 0.6) is 0 Å². The highest BCUT2D eigenvalue weighted by Crippen LogP contribution is 2.35. The predicted octanol–water partition coefficient (Wildman–Crippen LogP) is 3.47. The van der Waals surface area contributed by atoms with E-state index >= 15 is 0 Å². The number of thiazole rings is 1. The lowest BCUT2D eigenvalue weighted by atomic mass is 9.73. The molecule has 1 aromatic heterocycles. The van der Waals surface area contributed by atoms with Crippen molar-refractivity contribution >= 4 is 11.3 Å². The van der Waals surface area contributed by atoms with Gasteiger partial charge in [0.2, 0.25) is 0 Å². The van der Waals surface area contributed by atoms with Crippen LogP contribution in [-0.2, 0) is 12.0 Å². The van der Waals surface area contributed by atoms with E-state index < -0.39 is 0 Å². The van der Waals surface area contributed by atoms with Crippen LogP contribution >= 0.6 is 11.3 Å². The van der Waals surface area contributed by atoms with Gasteiger partial charge in [-0.15, -0.1) is 11.3 Å². The van der Waals surface area contributed by atoms with Gasteiger partial charge in [0, 0.05) is 35.0 Å². The Kier molecular flexibility index (Phi) is 4.88. The van der Waals surface area contributed by atoms with Crippen LogP contribution in [0.4, 0.5) is 0 Å². The molecule has 0 aliphatic heterocycles. The Labute approximate surface area is 126 Å². The molecular formula is C16H28N2OS. The van der Waals surface area contributed by atoms with Gasteiger partial charge in [-0.3, -0.25) is 0 Å². The molecule has 2 atom stereocenters. The fourth-order valence-corrected chi connectivity index (χ4v) is 3.73. The minimum atomic E-state index is -0.157. The lowest BCUT2D eigenvalue weighted by Gasteiger charge is -2.38. The third-order valence-corrected chi connectivity index (χ3v) is 5.73. The van der Waals surface area contributed by atoms with E-state index in [1.165, 1.54) is 22.7 Å². The molecule has 1 fully saturated rings. The number of aromatic nitrogens is 1. The molecule has 0 saturated heterocycles. The number of hydrogen-bond acceptors (Lipinski definition) is 4. The van der Waals surface area contributed by atoms with Crippen LogP contribution in [0.3, 0.4) is 0 Å². The molecule has 1 aliphatic carbocycles. The number of hydrogen-bond donors (Lipinski definition) is 2. The van der Waals surface area contributed by atoms with Crippen molar-refractivity contribution in [1.29, 1.82) is 0 Å². The lowest BCUT2D eigenvalue weighted by Crippen LogP contribution is -2.43. The normalized spacial score (nSPS) is 27.8. The molecule has 3 nitrogen and oxygen atoms in total. The average molecular weight is 296 g/mol. The molecule has 4 heteroatoms. The van der Waals surface area contributed by atoms with E-state index in [4.69, 9.17) is 0 Å². The molecule has 20 heavy (non-hydrogen) atoms. The number of aliphatic hydroxyl groups excluding tert-OH is 1. The second-order valence-corrected chi connectivity index (χ2v) is 8.52. The number of nitrogens with one attached hydrogen (secondary N) is 1. The molecule has 2 rings (SSSR count). The molecule has 0 amide bonds. The van der Waals surface area contributed by atoms with Gasteiger partial charge in [-0.1, -0.05) is 40.5 Å². The zero-order valence-corrected chi connectivity index (χ0v) is 14.0. The van der Waals surface area contributed by atoms with Crippen molar-refractivity contribution in [3.63, 3.8) is 0 Å². The summed E-state index contributed by atoms with van der Waals surface area (Å²) in [5.41, 5.74) is 0.171. The van der Waals surface area contributed by atoms with Crippen LogP contribution in [0.15, 0.2) is 6.20 Å².